The summed E-state index contributed by atoms with van der Waals surface area (Å²) in [7, 11) is 2.06. The van der Waals surface area contributed by atoms with Gasteiger partial charge in [0.25, 0.3) is 5.09 Å². The quantitative estimate of drug-likeness (QED) is 0.147. The fourth-order valence-electron chi connectivity index (χ4n) is 5.91. The van der Waals surface area contributed by atoms with E-state index in [0.717, 1.165) is 34.1 Å². The number of rotatable bonds is 5. The van der Waals surface area contributed by atoms with Crippen molar-refractivity contribution >= 4 is 17.2 Å². The number of benzene rings is 4. The number of hydrogen-bond acceptors (Lipinski definition) is 2. The molecule has 2 fully saturated rings. The Labute approximate surface area is 241 Å². The van der Waals surface area contributed by atoms with E-state index in [0.29, 0.717) is 5.16 Å². The molecule has 0 spiro atoms. The highest BCUT2D eigenvalue weighted by Gasteiger charge is 2.39. The van der Waals surface area contributed by atoms with Crippen LogP contribution in [0.4, 0.5) is 0 Å². The molecule has 4 aromatic rings. The Balaban J connectivity index is 0.000000164. The zero-order valence-corrected chi connectivity index (χ0v) is 25.0. The van der Waals surface area contributed by atoms with Crippen LogP contribution in [0.15, 0.2) is 121 Å². The van der Waals surface area contributed by atoms with Crippen LogP contribution in [0.3, 0.4) is 0 Å². The third kappa shape index (κ3) is 8.23. The van der Waals surface area contributed by atoms with Crippen LogP contribution in [-0.4, -0.2) is 10.3 Å². The van der Waals surface area contributed by atoms with Crippen molar-refractivity contribution in [2.45, 2.75) is 61.2 Å². The molecule has 2 heterocycles. The van der Waals surface area contributed by atoms with E-state index in [1.807, 2.05) is 0 Å². The average Bonchev–Trinajstić information content (AvgIpc) is 3.68. The van der Waals surface area contributed by atoms with Gasteiger partial charge in [-0.3, -0.25) is 0 Å². The average molecular weight is 572 g/mol. The normalized spacial score (nSPS) is 23.9. The fraction of sp³-hybridized carbons (Fsp3) is 0.294. The SMILES string of the molecule is CC[C@]1(c2ccccc2)CC[C@H](c2ccccc2)P1.O=[N+]([O-])O.c1ccc([C@H]2CC[C@H](c3ccccc3)P2)cc1. The van der Waals surface area contributed by atoms with Crippen LogP contribution in [0.25, 0.3) is 0 Å². The van der Waals surface area contributed by atoms with Crippen molar-refractivity contribution in [2.24, 2.45) is 0 Å². The molecule has 0 aromatic heterocycles. The minimum Gasteiger partial charge on any atom is -0.328 e. The van der Waals surface area contributed by atoms with Gasteiger partial charge in [-0.2, -0.15) is 0 Å². The molecule has 40 heavy (non-hydrogen) atoms. The van der Waals surface area contributed by atoms with Gasteiger partial charge in [0, 0.05) is 22.1 Å². The largest absolute Gasteiger partial charge is 0.328 e. The second kappa shape index (κ2) is 15.1. The minimum absolute atomic E-state index is 0.432. The second-order valence-corrected chi connectivity index (χ2v) is 14.0. The highest BCUT2D eigenvalue weighted by molar-refractivity contribution is 7.40. The van der Waals surface area contributed by atoms with Crippen LogP contribution in [-0.2, 0) is 5.16 Å². The first-order valence-corrected chi connectivity index (χ1v) is 16.3. The van der Waals surface area contributed by atoms with Gasteiger partial charge in [-0.05, 0) is 54.4 Å². The Morgan fingerprint density at radius 2 is 1.07 bits per heavy atom. The second-order valence-electron chi connectivity index (χ2n) is 10.4. The maximum Gasteiger partial charge on any atom is 0.291 e. The molecule has 0 aliphatic carbocycles. The predicted octanol–water partition coefficient (Wildman–Crippen LogP) is 10.1. The van der Waals surface area contributed by atoms with Crippen molar-refractivity contribution in [3.63, 3.8) is 0 Å². The molecule has 1 N–H and O–H groups in total. The van der Waals surface area contributed by atoms with E-state index in [2.05, 4.69) is 128 Å². The molecule has 1 unspecified atom stereocenters. The maximum absolute atomic E-state index is 8.36. The predicted molar refractivity (Wildman–Crippen MR) is 170 cm³/mol. The minimum atomic E-state index is -1.50. The fourth-order valence-corrected chi connectivity index (χ4v) is 9.97. The lowest BCUT2D eigenvalue weighted by Crippen LogP contribution is -2.15. The molecule has 0 bridgehead atoms. The highest BCUT2D eigenvalue weighted by Crippen LogP contribution is 2.63. The first-order valence-electron chi connectivity index (χ1n) is 14.1. The van der Waals surface area contributed by atoms with Crippen molar-refractivity contribution in [1.82, 2.24) is 0 Å². The maximum atomic E-state index is 8.36. The van der Waals surface area contributed by atoms with E-state index < -0.39 is 5.09 Å². The van der Waals surface area contributed by atoms with E-state index in [1.165, 1.54) is 48.8 Å². The van der Waals surface area contributed by atoms with Gasteiger partial charge >= 0.3 is 0 Å². The zero-order chi connectivity index (χ0) is 28.2. The van der Waals surface area contributed by atoms with Gasteiger partial charge in [-0.25, -0.2) is 0 Å². The Hall–Kier alpha value is -3.06. The summed E-state index contributed by atoms with van der Waals surface area (Å²) < 4.78 is 0. The summed E-state index contributed by atoms with van der Waals surface area (Å²) in [5.41, 5.74) is 8.50. The molecule has 2 saturated heterocycles. The monoisotopic (exact) mass is 571 g/mol. The lowest BCUT2D eigenvalue weighted by Gasteiger charge is -2.29. The smallest absolute Gasteiger partial charge is 0.291 e. The van der Waals surface area contributed by atoms with Crippen LogP contribution < -0.4 is 0 Å². The molecule has 6 heteroatoms. The molecular weight excluding hydrogens is 532 g/mol. The van der Waals surface area contributed by atoms with E-state index in [-0.39, 0.29) is 0 Å². The van der Waals surface area contributed by atoms with Crippen LogP contribution in [0.1, 0.15) is 78.3 Å². The summed E-state index contributed by atoms with van der Waals surface area (Å²) in [6, 6.07) is 44.2. The van der Waals surface area contributed by atoms with Crippen molar-refractivity contribution in [2.75, 3.05) is 0 Å². The lowest BCUT2D eigenvalue weighted by molar-refractivity contribution is -0.742. The summed E-state index contributed by atoms with van der Waals surface area (Å²) in [5.74, 6) is 0. The molecule has 0 saturated carbocycles. The van der Waals surface area contributed by atoms with Gasteiger partial charge in [0.15, 0.2) is 0 Å². The van der Waals surface area contributed by atoms with Crippen molar-refractivity contribution < 1.29 is 10.3 Å². The van der Waals surface area contributed by atoms with E-state index in [4.69, 9.17) is 15.3 Å². The first kappa shape index (κ1) is 29.9. The first-order chi connectivity index (χ1) is 19.5. The molecule has 0 amide bonds. The van der Waals surface area contributed by atoms with Crippen LogP contribution in [0.5, 0.6) is 0 Å². The molecule has 4 nitrogen and oxygen atoms in total. The van der Waals surface area contributed by atoms with E-state index in [9.17, 15) is 0 Å². The molecule has 0 radical (unpaired) electrons. The molecule has 6 rings (SSSR count). The molecule has 208 valence electrons. The summed E-state index contributed by atoms with van der Waals surface area (Å²) in [6.07, 6.45) is 6.64. The molecule has 2 aliphatic rings. The van der Waals surface area contributed by atoms with Crippen molar-refractivity contribution in [3.05, 3.63) is 154 Å². The summed E-state index contributed by atoms with van der Waals surface area (Å²) >= 11 is 0. The molecule has 4 aromatic carbocycles. The Morgan fingerprint density at radius 3 is 1.48 bits per heavy atom. The van der Waals surface area contributed by atoms with Crippen LogP contribution in [0, 0.1) is 10.1 Å². The summed E-state index contributed by atoms with van der Waals surface area (Å²) in [6.45, 7) is 2.35. The van der Waals surface area contributed by atoms with Gasteiger partial charge in [0.05, 0.1) is 0 Å². The Kier molecular flexibility index (Phi) is 11.3. The third-order valence-electron chi connectivity index (χ3n) is 7.99. The van der Waals surface area contributed by atoms with E-state index >= 15 is 0 Å². The summed E-state index contributed by atoms with van der Waals surface area (Å²) in [5, 5.41) is 14.1. The topological polar surface area (TPSA) is 63.4 Å². The standard InChI is InChI=1S/C18H21P.C16H17P.HNO3/c1-2-18(16-11-7-4-8-12-16)14-13-17(19-18)15-9-5-3-6-10-15;1-3-7-13(8-4-1)15-11-12-16(17-15)14-9-5-2-6-10-14;2-1(3)4/h3-12,17,19H,2,13-14H2,1H3;1-10,15-17H,11-12H2;(H,2,3,4)/t17-,18-;15-,16-;/m11./s1. The van der Waals surface area contributed by atoms with Crippen LogP contribution in [0.2, 0.25) is 0 Å². The van der Waals surface area contributed by atoms with Gasteiger partial charge < -0.3 is 5.21 Å². The molecule has 5 atom stereocenters. The van der Waals surface area contributed by atoms with Gasteiger partial charge in [-0.1, -0.05) is 128 Å². The van der Waals surface area contributed by atoms with Gasteiger partial charge in [0.2, 0.25) is 0 Å². The zero-order valence-electron chi connectivity index (χ0n) is 23.0. The molecule has 2 aliphatic heterocycles. The van der Waals surface area contributed by atoms with E-state index in [1.54, 1.807) is 5.56 Å². The van der Waals surface area contributed by atoms with Gasteiger partial charge in [0.1, 0.15) is 0 Å². The number of hydrogen-bond donors (Lipinski definition) is 1. The van der Waals surface area contributed by atoms with Crippen LogP contribution >= 0.6 is 17.2 Å². The third-order valence-corrected chi connectivity index (χ3v) is 12.5. The highest BCUT2D eigenvalue weighted by atomic mass is 31.1. The van der Waals surface area contributed by atoms with Crippen molar-refractivity contribution in [1.29, 1.82) is 0 Å². The van der Waals surface area contributed by atoms with Gasteiger partial charge in [-0.15, -0.1) is 27.3 Å². The summed E-state index contributed by atoms with van der Waals surface area (Å²) in [4.78, 5) is 8.36. The number of nitrogens with zero attached hydrogens (tertiary/aromatic N) is 1. The Bertz CT molecular complexity index is 1240. The Morgan fingerprint density at radius 1 is 0.700 bits per heavy atom. The van der Waals surface area contributed by atoms with Crippen molar-refractivity contribution in [3.8, 4) is 0 Å². The lowest BCUT2D eigenvalue weighted by atomic mass is 9.90. The molecular formula is C34H39NO3P2.